The van der Waals surface area contributed by atoms with Gasteiger partial charge in [-0.05, 0) is 0 Å². The first-order valence-corrected chi connectivity index (χ1v) is 26.8. The Labute approximate surface area is 325 Å². The second kappa shape index (κ2) is 14.3. The molecule has 0 bridgehead atoms. The molecule has 4 aliphatic carbocycles. The van der Waals surface area contributed by atoms with Gasteiger partial charge in [-0.2, -0.15) is 0 Å². The van der Waals surface area contributed by atoms with Crippen molar-refractivity contribution >= 4 is 32.4 Å². The average molecular weight is 772 g/mol. The summed E-state index contributed by atoms with van der Waals surface area (Å²) in [6, 6.07) is 44.9. The van der Waals surface area contributed by atoms with Crippen LogP contribution in [0.2, 0.25) is 10.5 Å². The molecular weight excluding hydrogens is 723 g/mol. The van der Waals surface area contributed by atoms with E-state index in [0.29, 0.717) is 0 Å². The molecule has 4 heteroatoms. The van der Waals surface area contributed by atoms with Crippen LogP contribution in [-0.4, -0.2) is 7.63 Å². The van der Waals surface area contributed by atoms with Crippen LogP contribution in [0, 0.1) is 0 Å². The van der Waals surface area contributed by atoms with Gasteiger partial charge < -0.3 is 0 Å². The Balaban J connectivity index is 0.00000232. The molecular formula is C48H48Cl2SiTi. The van der Waals surface area contributed by atoms with Crippen molar-refractivity contribution in [1.82, 2.24) is 0 Å². The summed E-state index contributed by atoms with van der Waals surface area (Å²) in [5, 5.41) is 5.37. The number of allylic oxidation sites excluding steroid dienone is 16. The SMILES string of the molecule is CC1=[C]([Ti]([CH3])([CH3])(=[SiH2])[C]2=C(C)C=C3C2=CC=CCC3(c2ccccc2)c2ccccc2)C2=CC=CCC(c3ccccc3)(c3ccccc3)C2=C1.Cl.Cl. The van der Waals surface area contributed by atoms with Gasteiger partial charge in [0.2, 0.25) is 0 Å². The molecule has 0 atom stereocenters. The van der Waals surface area contributed by atoms with Crippen LogP contribution in [0.3, 0.4) is 0 Å². The van der Waals surface area contributed by atoms with Crippen LogP contribution < -0.4 is 0 Å². The molecule has 0 nitrogen and oxygen atoms in total. The van der Waals surface area contributed by atoms with E-state index in [1.165, 1.54) is 55.7 Å². The third kappa shape index (κ3) is 5.78. The molecule has 8 rings (SSSR count). The van der Waals surface area contributed by atoms with Gasteiger partial charge in [0.15, 0.2) is 0 Å². The molecule has 52 heavy (non-hydrogen) atoms. The zero-order chi connectivity index (χ0) is 34.6. The van der Waals surface area contributed by atoms with Crippen molar-refractivity contribution in [2.75, 3.05) is 0 Å². The molecule has 0 amide bonds. The fourth-order valence-corrected chi connectivity index (χ4v) is 21.9. The van der Waals surface area contributed by atoms with Crippen molar-refractivity contribution in [2.45, 2.75) is 48.0 Å². The molecule has 0 radical (unpaired) electrons. The maximum absolute atomic E-state index is 3.75. The summed E-state index contributed by atoms with van der Waals surface area (Å²) in [5.41, 5.74) is 13.5. The molecule has 4 aliphatic rings. The van der Waals surface area contributed by atoms with Crippen LogP contribution in [-0.2, 0) is 24.9 Å². The maximum Gasteiger partial charge on any atom is -0.147 e. The standard InChI is InChI=1S/2C23H19.2CH3.2ClH.H2Si.Ti/c2*1-18-16-19-10-8-9-15-23(22(19)17-18,20-11-4-2-5-12-20)21-13-6-3-7-14-21;;;;;;/h2*2-14,17H,15H2,1H3;2*1H3;2*1H;1H2;. The van der Waals surface area contributed by atoms with Gasteiger partial charge in [-0.1, -0.05) is 0 Å². The van der Waals surface area contributed by atoms with Crippen LogP contribution in [0.25, 0.3) is 0 Å². The fourth-order valence-electron chi connectivity index (χ4n) is 10.1. The second-order valence-corrected chi connectivity index (χ2v) is 34.3. The molecule has 0 spiro atoms. The van der Waals surface area contributed by atoms with Crippen LogP contribution in [0.4, 0.5) is 0 Å². The third-order valence-electron chi connectivity index (χ3n) is 11.9. The van der Waals surface area contributed by atoms with Gasteiger partial charge in [-0.15, -0.1) is 24.8 Å². The number of rotatable bonds is 6. The Hall–Kier alpha value is -3.69. The Morgan fingerprint density at radius 2 is 0.769 bits per heavy atom. The van der Waals surface area contributed by atoms with Gasteiger partial charge in [0.05, 0.1) is 0 Å². The zero-order valence-electron chi connectivity index (χ0n) is 30.6. The van der Waals surface area contributed by atoms with Gasteiger partial charge >= 0.3 is 303 Å². The Morgan fingerprint density at radius 1 is 0.481 bits per heavy atom. The Bertz CT molecular complexity index is 2090. The van der Waals surface area contributed by atoms with E-state index >= 15 is 0 Å². The second-order valence-electron chi connectivity index (χ2n) is 15.6. The number of benzene rings is 4. The Morgan fingerprint density at radius 3 is 1.06 bits per heavy atom. The molecule has 4 aromatic carbocycles. The molecule has 0 aromatic heterocycles. The largest absolute Gasteiger partial charge is 0.147 e. The van der Waals surface area contributed by atoms with Gasteiger partial charge in [-0.3, -0.25) is 0 Å². The number of hydrogen-bond donors (Lipinski definition) is 0. The maximum atomic E-state index is 2.69. The predicted molar refractivity (Wildman–Crippen MR) is 227 cm³/mol. The summed E-state index contributed by atoms with van der Waals surface area (Å²) in [7, 11) is 2.36. The van der Waals surface area contributed by atoms with Gasteiger partial charge in [0, 0.05) is 0 Å². The first kappa shape index (κ1) is 38.0. The zero-order valence-corrected chi connectivity index (χ0v) is 35.2. The minimum atomic E-state index is -3.75. The van der Waals surface area contributed by atoms with E-state index in [1.807, 2.05) is 0 Å². The van der Waals surface area contributed by atoms with Crippen LogP contribution in [0.1, 0.15) is 48.9 Å². The van der Waals surface area contributed by atoms with Crippen molar-refractivity contribution in [3.8, 4) is 0 Å². The van der Waals surface area contributed by atoms with Gasteiger partial charge in [-0.25, -0.2) is 0 Å². The minimum absolute atomic E-state index is 0. The average Bonchev–Trinajstić information content (AvgIpc) is 3.53. The molecule has 0 heterocycles. The smallest absolute Gasteiger partial charge is 0.147 e. The summed E-state index contributed by atoms with van der Waals surface area (Å²) < 4.78 is 3.22. The first-order chi connectivity index (χ1) is 24.2. The fraction of sp³-hybridized carbons (Fsp3) is 0.167. The summed E-state index contributed by atoms with van der Waals surface area (Å²) in [6.45, 7) is 4.79. The predicted octanol–water partition coefficient (Wildman–Crippen LogP) is 12.3. The van der Waals surface area contributed by atoms with E-state index in [2.05, 4.69) is 202 Å². The quantitative estimate of drug-likeness (QED) is 0.171. The summed E-state index contributed by atoms with van der Waals surface area (Å²) in [5.74, 6) is 0. The van der Waals surface area contributed by atoms with E-state index in [4.69, 9.17) is 0 Å². The van der Waals surface area contributed by atoms with Crippen molar-refractivity contribution < 1.29 is 14.0 Å². The molecule has 0 saturated heterocycles. The Kier molecular flexibility index (Phi) is 10.4. The number of fused-ring (bicyclic) bond motifs is 2. The summed E-state index contributed by atoms with van der Waals surface area (Å²) in [6.07, 6.45) is 21.4. The van der Waals surface area contributed by atoms with E-state index in [0.717, 1.165) is 12.8 Å². The van der Waals surface area contributed by atoms with Crippen molar-refractivity contribution in [3.63, 3.8) is 0 Å². The van der Waals surface area contributed by atoms with Crippen molar-refractivity contribution in [3.05, 3.63) is 233 Å². The molecule has 0 unspecified atom stereocenters. The van der Waals surface area contributed by atoms with Gasteiger partial charge in [0.1, 0.15) is 0 Å². The molecule has 0 saturated carbocycles. The number of halogens is 2. The van der Waals surface area contributed by atoms with Gasteiger partial charge in [0.25, 0.3) is 0 Å². The summed E-state index contributed by atoms with van der Waals surface area (Å²) in [4.78, 5) is 0. The molecule has 0 fully saturated rings. The van der Waals surface area contributed by atoms with Crippen molar-refractivity contribution in [2.24, 2.45) is 0 Å². The molecule has 262 valence electrons. The minimum Gasteiger partial charge on any atom is -0.147 e. The van der Waals surface area contributed by atoms with Crippen LogP contribution in [0.5, 0.6) is 0 Å². The molecule has 4 aromatic rings. The third-order valence-corrected chi connectivity index (χ3v) is 21.9. The number of hydrogen-bond acceptors (Lipinski definition) is 0. The van der Waals surface area contributed by atoms with Crippen LogP contribution in [0.15, 0.2) is 211 Å². The summed E-state index contributed by atoms with van der Waals surface area (Å²) >= 11 is -3.75. The van der Waals surface area contributed by atoms with E-state index < -0.39 is 14.0 Å². The molecule has 0 N–H and O–H groups in total. The van der Waals surface area contributed by atoms with E-state index in [9.17, 15) is 0 Å². The van der Waals surface area contributed by atoms with E-state index in [-0.39, 0.29) is 35.6 Å². The van der Waals surface area contributed by atoms with E-state index in [1.54, 1.807) is 7.76 Å². The first-order valence-electron chi connectivity index (χ1n) is 18.1. The molecule has 0 aliphatic heterocycles. The van der Waals surface area contributed by atoms with Crippen LogP contribution >= 0.6 is 24.8 Å². The normalized spacial score (nSPS) is 18.8. The monoisotopic (exact) mass is 770 g/mol. The topological polar surface area (TPSA) is 0 Å². The van der Waals surface area contributed by atoms with Crippen molar-refractivity contribution in [1.29, 1.82) is 0 Å².